The fraction of sp³-hybridized carbons (Fsp3) is 0.296. The molecular formula is C27H26F2N6O3. The molecule has 0 saturated carbocycles. The van der Waals surface area contributed by atoms with Gasteiger partial charge in [-0.1, -0.05) is 6.07 Å². The van der Waals surface area contributed by atoms with Crippen molar-refractivity contribution >= 4 is 22.6 Å². The van der Waals surface area contributed by atoms with E-state index in [0.717, 1.165) is 41.2 Å². The summed E-state index contributed by atoms with van der Waals surface area (Å²) in [7, 11) is 0. The number of alkyl halides is 2. The maximum Gasteiger partial charge on any atom is 0.388 e. The van der Waals surface area contributed by atoms with E-state index in [1.54, 1.807) is 6.20 Å². The average Bonchev–Trinajstić information content (AvgIpc) is 2.91. The van der Waals surface area contributed by atoms with Crippen LogP contribution in [0, 0.1) is 0 Å². The number of rotatable bonds is 7. The van der Waals surface area contributed by atoms with E-state index >= 15 is 0 Å². The van der Waals surface area contributed by atoms with Gasteiger partial charge in [-0.25, -0.2) is 15.0 Å². The van der Waals surface area contributed by atoms with Crippen LogP contribution in [-0.4, -0.2) is 57.8 Å². The molecule has 1 fully saturated rings. The minimum atomic E-state index is -2.98. The number of nitrogens with one attached hydrogen (secondary N) is 1. The zero-order chi connectivity index (χ0) is 26.6. The average molecular weight is 521 g/mol. The Bertz CT molecular complexity index is 1430. The van der Waals surface area contributed by atoms with Crippen molar-refractivity contribution < 1.29 is 23.0 Å². The Kier molecular flexibility index (Phi) is 7.36. The summed E-state index contributed by atoms with van der Waals surface area (Å²) in [6.45, 7) is 2.84. The van der Waals surface area contributed by atoms with Crippen LogP contribution in [0.4, 0.5) is 14.6 Å². The van der Waals surface area contributed by atoms with E-state index in [-0.39, 0.29) is 30.2 Å². The van der Waals surface area contributed by atoms with Gasteiger partial charge >= 0.3 is 6.61 Å². The third-order valence-corrected chi connectivity index (χ3v) is 6.01. The van der Waals surface area contributed by atoms with E-state index < -0.39 is 12.5 Å². The Balaban J connectivity index is 1.30. The van der Waals surface area contributed by atoms with Crippen LogP contribution in [0.1, 0.15) is 29.9 Å². The molecular weight excluding hydrogens is 494 g/mol. The first-order valence-corrected chi connectivity index (χ1v) is 12.2. The number of pyridine rings is 4. The van der Waals surface area contributed by atoms with Crippen molar-refractivity contribution in [3.8, 4) is 17.3 Å². The van der Waals surface area contributed by atoms with Crippen LogP contribution in [0.25, 0.3) is 22.3 Å². The molecule has 5 rings (SSSR count). The molecule has 1 N–H and O–H groups in total. The minimum absolute atomic E-state index is 0.129. The molecule has 0 unspecified atom stereocenters. The molecule has 11 heteroatoms. The van der Waals surface area contributed by atoms with Crippen LogP contribution in [0.2, 0.25) is 0 Å². The van der Waals surface area contributed by atoms with Crippen LogP contribution in [0.15, 0.2) is 60.9 Å². The van der Waals surface area contributed by atoms with Gasteiger partial charge < -0.3 is 19.7 Å². The summed E-state index contributed by atoms with van der Waals surface area (Å²) in [5, 5.41) is 3.61. The number of ether oxygens (including phenoxy) is 2. The summed E-state index contributed by atoms with van der Waals surface area (Å²) >= 11 is 0. The van der Waals surface area contributed by atoms with Crippen LogP contribution in [0.5, 0.6) is 5.88 Å². The Labute approximate surface area is 217 Å². The standard InChI is InChI=1S/C27H26F2N6O3/c1-16-14-35(15-17(2)37-16)24-5-3-4-21(34-24)22-8-6-18-11-30-20(10-23(18)33-22)13-32-26(36)19-7-9-25(31-12-19)38-27(28)29/h3-12,16-17,27H,13-15H2,1-2H3,(H,32,36)/t16-,17+. The van der Waals surface area contributed by atoms with Gasteiger partial charge in [0.25, 0.3) is 5.91 Å². The van der Waals surface area contributed by atoms with Crippen molar-refractivity contribution in [1.82, 2.24) is 25.3 Å². The molecule has 1 saturated heterocycles. The van der Waals surface area contributed by atoms with Gasteiger partial charge in [0, 0.05) is 36.9 Å². The summed E-state index contributed by atoms with van der Waals surface area (Å²) in [6, 6.07) is 14.1. The molecule has 38 heavy (non-hydrogen) atoms. The number of amides is 1. The second-order valence-corrected chi connectivity index (χ2v) is 9.05. The van der Waals surface area contributed by atoms with Crippen LogP contribution in [-0.2, 0) is 11.3 Å². The normalized spacial score (nSPS) is 17.6. The zero-order valence-electron chi connectivity index (χ0n) is 20.8. The Morgan fingerprint density at radius 3 is 2.58 bits per heavy atom. The van der Waals surface area contributed by atoms with Crippen LogP contribution < -0.4 is 15.0 Å². The third kappa shape index (κ3) is 6.00. The lowest BCUT2D eigenvalue weighted by atomic mass is 10.1. The van der Waals surface area contributed by atoms with Crippen molar-refractivity contribution in [3.05, 3.63) is 72.2 Å². The molecule has 0 aliphatic carbocycles. The van der Waals surface area contributed by atoms with Gasteiger partial charge in [-0.3, -0.25) is 9.78 Å². The molecule has 4 aromatic heterocycles. The maximum absolute atomic E-state index is 12.5. The Morgan fingerprint density at radius 1 is 1.05 bits per heavy atom. The van der Waals surface area contributed by atoms with Gasteiger partial charge in [0.15, 0.2) is 0 Å². The first kappa shape index (κ1) is 25.4. The van der Waals surface area contributed by atoms with Gasteiger partial charge in [-0.05, 0) is 50.2 Å². The van der Waals surface area contributed by atoms with Gasteiger partial charge in [0.1, 0.15) is 5.82 Å². The van der Waals surface area contributed by atoms with E-state index in [9.17, 15) is 13.6 Å². The topological polar surface area (TPSA) is 102 Å². The first-order valence-electron chi connectivity index (χ1n) is 12.2. The number of carbonyl (C=O) groups excluding carboxylic acids is 1. The van der Waals surface area contributed by atoms with E-state index in [0.29, 0.717) is 5.69 Å². The lowest BCUT2D eigenvalue weighted by Gasteiger charge is -2.36. The third-order valence-electron chi connectivity index (χ3n) is 6.01. The summed E-state index contributed by atoms with van der Waals surface area (Å²) in [6.07, 6.45) is 3.13. The molecule has 4 aromatic rings. The van der Waals surface area contributed by atoms with E-state index in [1.165, 1.54) is 18.3 Å². The maximum atomic E-state index is 12.5. The number of carbonyl (C=O) groups is 1. The number of nitrogens with zero attached hydrogens (tertiary/aromatic N) is 5. The monoisotopic (exact) mass is 520 g/mol. The molecule has 0 spiro atoms. The number of halogens is 2. The molecule has 0 bridgehead atoms. The summed E-state index contributed by atoms with van der Waals surface area (Å²) in [4.78, 5) is 32.5. The van der Waals surface area contributed by atoms with Gasteiger partial charge in [-0.2, -0.15) is 8.78 Å². The minimum Gasteiger partial charge on any atom is -0.417 e. The molecule has 1 amide bonds. The number of hydrogen-bond donors (Lipinski definition) is 1. The lowest BCUT2D eigenvalue weighted by molar-refractivity contribution is -0.0528. The van der Waals surface area contributed by atoms with Crippen LogP contribution in [0.3, 0.4) is 0 Å². The fourth-order valence-corrected chi connectivity index (χ4v) is 4.35. The van der Waals surface area contributed by atoms with Crippen molar-refractivity contribution in [2.75, 3.05) is 18.0 Å². The molecule has 0 radical (unpaired) electrons. The van der Waals surface area contributed by atoms with Crippen molar-refractivity contribution in [3.63, 3.8) is 0 Å². The van der Waals surface area contributed by atoms with Crippen molar-refractivity contribution in [1.29, 1.82) is 0 Å². The van der Waals surface area contributed by atoms with Gasteiger partial charge in [0.05, 0.1) is 46.9 Å². The number of morpholine rings is 1. The number of aromatic nitrogens is 4. The molecule has 5 heterocycles. The molecule has 1 aliphatic rings. The highest BCUT2D eigenvalue weighted by atomic mass is 19.3. The highest BCUT2D eigenvalue weighted by Crippen LogP contribution is 2.24. The summed E-state index contributed by atoms with van der Waals surface area (Å²) < 4.78 is 34.6. The number of hydrogen-bond acceptors (Lipinski definition) is 8. The van der Waals surface area contributed by atoms with Crippen molar-refractivity contribution in [2.45, 2.75) is 39.2 Å². The van der Waals surface area contributed by atoms with E-state index in [1.807, 2.05) is 36.4 Å². The quantitative estimate of drug-likeness (QED) is 0.386. The predicted octanol–water partition coefficient (Wildman–Crippen LogP) is 4.23. The summed E-state index contributed by atoms with van der Waals surface area (Å²) in [5.41, 5.74) is 3.03. The Hall–Kier alpha value is -4.25. The molecule has 9 nitrogen and oxygen atoms in total. The zero-order valence-corrected chi connectivity index (χ0v) is 20.8. The fourth-order valence-electron chi connectivity index (χ4n) is 4.35. The highest BCUT2D eigenvalue weighted by Gasteiger charge is 2.23. The van der Waals surface area contributed by atoms with Crippen LogP contribution >= 0.6 is 0 Å². The SMILES string of the molecule is C[C@@H]1CN(c2cccc(-c3ccc4cnc(CNC(=O)c5ccc(OC(F)F)nc5)cc4n3)n2)C[C@H](C)O1. The van der Waals surface area contributed by atoms with E-state index in [4.69, 9.17) is 14.7 Å². The number of fused-ring (bicyclic) bond motifs is 1. The largest absolute Gasteiger partial charge is 0.417 e. The highest BCUT2D eigenvalue weighted by molar-refractivity contribution is 5.93. The van der Waals surface area contributed by atoms with Crippen molar-refractivity contribution in [2.24, 2.45) is 0 Å². The number of anilines is 1. The Morgan fingerprint density at radius 2 is 1.84 bits per heavy atom. The lowest BCUT2D eigenvalue weighted by Crippen LogP contribution is -2.45. The van der Waals surface area contributed by atoms with Gasteiger partial charge in [-0.15, -0.1) is 0 Å². The smallest absolute Gasteiger partial charge is 0.388 e. The van der Waals surface area contributed by atoms with E-state index in [2.05, 4.69) is 38.8 Å². The summed E-state index contributed by atoms with van der Waals surface area (Å²) in [5.74, 6) is 0.203. The predicted molar refractivity (Wildman–Crippen MR) is 137 cm³/mol. The first-order chi connectivity index (χ1) is 18.3. The van der Waals surface area contributed by atoms with Gasteiger partial charge in [0.2, 0.25) is 5.88 Å². The second-order valence-electron chi connectivity index (χ2n) is 9.05. The molecule has 196 valence electrons. The molecule has 1 aliphatic heterocycles. The molecule has 0 aromatic carbocycles. The molecule has 2 atom stereocenters. The second kappa shape index (κ2) is 11.0.